The molecule has 202 valence electrons. The van der Waals surface area contributed by atoms with Crippen LogP contribution in [0.1, 0.15) is 38.7 Å². The molecule has 1 heterocycles. The van der Waals surface area contributed by atoms with Crippen molar-refractivity contribution in [1.82, 2.24) is 10.2 Å². The molecule has 1 aliphatic rings. The van der Waals surface area contributed by atoms with Gasteiger partial charge in [-0.05, 0) is 49.6 Å². The smallest absolute Gasteiger partial charge is 0.242 e. The second-order valence-corrected chi connectivity index (χ2v) is 10.8. The second-order valence-electron chi connectivity index (χ2n) is 8.88. The van der Waals surface area contributed by atoms with Crippen molar-refractivity contribution in [3.63, 3.8) is 0 Å². The fourth-order valence-corrected chi connectivity index (χ4v) is 4.91. The quantitative estimate of drug-likeness (QED) is 0.448. The molecule has 1 atom stereocenters. The van der Waals surface area contributed by atoms with Crippen LogP contribution in [-0.2, 0) is 26.2 Å². The van der Waals surface area contributed by atoms with Gasteiger partial charge in [-0.15, -0.1) is 0 Å². The first-order valence-corrected chi connectivity index (χ1v) is 14.1. The maximum Gasteiger partial charge on any atom is 0.242 e. The van der Waals surface area contributed by atoms with Crippen LogP contribution in [0.25, 0.3) is 0 Å². The highest BCUT2D eigenvalue weighted by Crippen LogP contribution is 2.34. The lowest BCUT2D eigenvalue weighted by atomic mass is 10.1. The van der Waals surface area contributed by atoms with Crippen molar-refractivity contribution in [3.8, 4) is 11.5 Å². The number of hydrogen-bond donors (Lipinski definition) is 1. The van der Waals surface area contributed by atoms with Crippen molar-refractivity contribution >= 4 is 27.5 Å². The average molecular weight is 536 g/mol. The lowest BCUT2D eigenvalue weighted by Crippen LogP contribution is -2.47. The number of carbonyl (C=O) groups is 2. The molecule has 0 radical (unpaired) electrons. The van der Waals surface area contributed by atoms with Gasteiger partial charge in [0, 0.05) is 32.1 Å². The Bertz CT molecular complexity index is 1190. The minimum atomic E-state index is -3.64. The van der Waals surface area contributed by atoms with E-state index >= 15 is 0 Å². The summed E-state index contributed by atoms with van der Waals surface area (Å²) in [6.07, 6.45) is 2.10. The Morgan fingerprint density at radius 1 is 1.08 bits per heavy atom. The summed E-state index contributed by atoms with van der Waals surface area (Å²) in [7, 11) is -3.64. The highest BCUT2D eigenvalue weighted by molar-refractivity contribution is 7.92. The van der Waals surface area contributed by atoms with Gasteiger partial charge in [-0.2, -0.15) is 0 Å². The highest BCUT2D eigenvalue weighted by Gasteiger charge is 2.27. The number of carbonyl (C=O) groups excluding carboxylic acids is 2. The second kappa shape index (κ2) is 12.8. The first-order valence-electron chi connectivity index (χ1n) is 12.3. The highest BCUT2D eigenvalue weighted by atomic mass is 32.2. The largest absolute Gasteiger partial charge is 0.486 e. The number of sulfonamides is 1. The number of benzene rings is 2. The number of nitrogens with zero attached hydrogens (tertiary/aromatic N) is 2. The van der Waals surface area contributed by atoms with Gasteiger partial charge in [0.2, 0.25) is 21.8 Å². The molecule has 0 spiro atoms. The summed E-state index contributed by atoms with van der Waals surface area (Å²) in [5.74, 6) is 0.0251. The van der Waals surface area contributed by atoms with Crippen LogP contribution in [-0.4, -0.2) is 63.7 Å². The van der Waals surface area contributed by atoms with Crippen molar-refractivity contribution in [2.75, 3.05) is 36.9 Å². The summed E-state index contributed by atoms with van der Waals surface area (Å²) in [6.45, 7) is 5.04. The van der Waals surface area contributed by atoms with Gasteiger partial charge in [-0.25, -0.2) is 12.8 Å². The van der Waals surface area contributed by atoms with Crippen LogP contribution >= 0.6 is 0 Å². The van der Waals surface area contributed by atoms with E-state index in [1.165, 1.54) is 21.3 Å². The van der Waals surface area contributed by atoms with Crippen molar-refractivity contribution in [1.29, 1.82) is 0 Å². The zero-order chi connectivity index (χ0) is 27.0. The molecular formula is C26H34FN3O6S. The van der Waals surface area contributed by atoms with Crippen LogP contribution in [0.2, 0.25) is 0 Å². The Kier molecular flexibility index (Phi) is 9.73. The van der Waals surface area contributed by atoms with Crippen molar-refractivity contribution in [2.45, 2.75) is 45.7 Å². The van der Waals surface area contributed by atoms with E-state index in [9.17, 15) is 22.4 Å². The first kappa shape index (κ1) is 28.2. The molecule has 0 aromatic heterocycles. The fraction of sp³-hybridized carbons (Fsp3) is 0.462. The molecule has 0 aliphatic carbocycles. The molecule has 0 bridgehead atoms. The number of rotatable bonds is 12. The van der Waals surface area contributed by atoms with Gasteiger partial charge in [0.15, 0.2) is 11.5 Å². The molecule has 3 rings (SSSR count). The lowest BCUT2D eigenvalue weighted by Gasteiger charge is -2.29. The van der Waals surface area contributed by atoms with E-state index in [4.69, 9.17) is 9.47 Å². The van der Waals surface area contributed by atoms with E-state index in [0.717, 1.165) is 12.7 Å². The molecule has 0 saturated carbocycles. The van der Waals surface area contributed by atoms with Gasteiger partial charge < -0.3 is 19.7 Å². The zero-order valence-corrected chi connectivity index (χ0v) is 22.2. The summed E-state index contributed by atoms with van der Waals surface area (Å²) in [4.78, 5) is 27.3. The summed E-state index contributed by atoms with van der Waals surface area (Å²) >= 11 is 0. The van der Waals surface area contributed by atoms with Gasteiger partial charge in [0.1, 0.15) is 25.1 Å². The molecule has 11 heteroatoms. The van der Waals surface area contributed by atoms with E-state index in [2.05, 4.69) is 5.32 Å². The van der Waals surface area contributed by atoms with E-state index < -0.39 is 21.9 Å². The summed E-state index contributed by atoms with van der Waals surface area (Å²) in [5.41, 5.74) is 1.09. The van der Waals surface area contributed by atoms with Crippen LogP contribution in [0.4, 0.5) is 10.1 Å². The number of fused-ring (bicyclic) bond motifs is 1. The van der Waals surface area contributed by atoms with Gasteiger partial charge in [0.05, 0.1) is 11.9 Å². The molecule has 2 aromatic carbocycles. The maximum atomic E-state index is 13.4. The Labute approximate surface area is 217 Å². The van der Waals surface area contributed by atoms with Crippen LogP contribution in [0.5, 0.6) is 11.5 Å². The van der Waals surface area contributed by atoms with Gasteiger partial charge in [0.25, 0.3) is 0 Å². The van der Waals surface area contributed by atoms with Crippen LogP contribution in [0, 0.1) is 5.82 Å². The Morgan fingerprint density at radius 2 is 1.76 bits per heavy atom. The number of halogens is 1. The Balaban J connectivity index is 1.72. The zero-order valence-electron chi connectivity index (χ0n) is 21.4. The third-order valence-corrected chi connectivity index (χ3v) is 7.14. The van der Waals surface area contributed by atoms with E-state index in [1.807, 2.05) is 6.92 Å². The van der Waals surface area contributed by atoms with Gasteiger partial charge >= 0.3 is 0 Å². The van der Waals surface area contributed by atoms with Crippen LogP contribution in [0.15, 0.2) is 42.5 Å². The Morgan fingerprint density at radius 3 is 2.41 bits per heavy atom. The monoisotopic (exact) mass is 535 g/mol. The molecule has 37 heavy (non-hydrogen) atoms. The maximum absolute atomic E-state index is 13.4. The third kappa shape index (κ3) is 7.82. The van der Waals surface area contributed by atoms with E-state index in [-0.39, 0.29) is 37.7 Å². The topological polar surface area (TPSA) is 105 Å². The van der Waals surface area contributed by atoms with E-state index in [1.54, 1.807) is 37.3 Å². The molecule has 9 nitrogen and oxygen atoms in total. The number of anilines is 1. The minimum Gasteiger partial charge on any atom is -0.486 e. The normalized spacial score (nSPS) is 13.5. The van der Waals surface area contributed by atoms with Gasteiger partial charge in [-0.3, -0.25) is 13.9 Å². The predicted octanol–water partition coefficient (Wildman–Crippen LogP) is 3.09. The predicted molar refractivity (Wildman–Crippen MR) is 139 cm³/mol. The molecule has 0 unspecified atom stereocenters. The average Bonchev–Trinajstić information content (AvgIpc) is 2.87. The van der Waals surface area contributed by atoms with Crippen molar-refractivity contribution in [3.05, 3.63) is 53.8 Å². The number of ether oxygens (including phenoxy) is 2. The summed E-state index contributed by atoms with van der Waals surface area (Å²) < 4.78 is 50.8. The summed E-state index contributed by atoms with van der Waals surface area (Å²) in [6, 6.07) is 9.89. The number of hydrogen-bond acceptors (Lipinski definition) is 6. The van der Waals surface area contributed by atoms with E-state index in [0.29, 0.717) is 42.5 Å². The van der Waals surface area contributed by atoms with Crippen molar-refractivity contribution < 1.29 is 31.9 Å². The molecule has 2 amide bonds. The molecule has 1 aliphatic heterocycles. The van der Waals surface area contributed by atoms with Crippen LogP contribution < -0.4 is 19.1 Å². The molecule has 0 saturated heterocycles. The van der Waals surface area contributed by atoms with Gasteiger partial charge in [-0.1, -0.05) is 19.1 Å². The Hall–Kier alpha value is -3.34. The molecular weight excluding hydrogens is 501 g/mol. The standard InChI is InChI=1S/C26H34FN3O6S/c1-4-13-28-26(32)19(2)29(18-20-7-9-21(27)10-8-20)25(31)6-5-14-30(37(3,33)34)22-11-12-23-24(17-22)36-16-15-35-23/h7-12,17,19H,4-6,13-16,18H2,1-3H3,(H,28,32)/t19-/m0/s1. The number of amides is 2. The fourth-order valence-electron chi connectivity index (χ4n) is 3.96. The SMILES string of the molecule is CCCNC(=O)[C@H](C)N(Cc1ccc(F)cc1)C(=O)CCCN(c1ccc2c(c1)OCCO2)S(C)(=O)=O. The summed E-state index contributed by atoms with van der Waals surface area (Å²) in [5, 5.41) is 2.80. The third-order valence-electron chi connectivity index (χ3n) is 5.95. The molecule has 0 fully saturated rings. The number of nitrogens with one attached hydrogen (secondary N) is 1. The van der Waals surface area contributed by atoms with Crippen molar-refractivity contribution in [2.24, 2.45) is 0 Å². The van der Waals surface area contributed by atoms with Crippen LogP contribution in [0.3, 0.4) is 0 Å². The first-order chi connectivity index (χ1) is 17.6. The minimum absolute atomic E-state index is 0.0170. The molecule has 2 aromatic rings. The lowest BCUT2D eigenvalue weighted by molar-refractivity contribution is -0.140. The molecule has 1 N–H and O–H groups in total.